The third-order valence-electron chi connectivity index (χ3n) is 11.6. The summed E-state index contributed by atoms with van der Waals surface area (Å²) in [6, 6.07) is 9.12. The van der Waals surface area contributed by atoms with Crippen LogP contribution in [0.4, 0.5) is 10.6 Å². The maximum absolute atomic E-state index is 13.2. The molecule has 0 aromatic carbocycles. The zero-order chi connectivity index (χ0) is 38.0. The lowest BCUT2D eigenvalue weighted by Gasteiger charge is -2.33. The van der Waals surface area contributed by atoms with Crippen LogP contribution < -0.4 is 14.8 Å². The molecule has 0 bridgehead atoms. The lowest BCUT2D eigenvalue weighted by atomic mass is 9.75. The molecule has 3 aromatic rings. The fraction of sp³-hybridized carbons (Fsp3) is 0.595. The predicted molar refractivity (Wildman–Crippen MR) is 200 cm³/mol. The van der Waals surface area contributed by atoms with Crippen molar-refractivity contribution in [3.8, 4) is 11.7 Å². The van der Waals surface area contributed by atoms with E-state index in [1.165, 1.54) is 48.6 Å². The lowest BCUT2D eigenvalue weighted by molar-refractivity contribution is 0.0130. The van der Waals surface area contributed by atoms with Crippen molar-refractivity contribution >= 4 is 47.3 Å². The summed E-state index contributed by atoms with van der Waals surface area (Å²) in [5.41, 5.74) is -0.272. The number of carbonyl (C=O) groups excluding carboxylic acids is 2. The Morgan fingerprint density at radius 1 is 1.06 bits per heavy atom. The van der Waals surface area contributed by atoms with E-state index in [0.717, 1.165) is 25.7 Å². The number of rotatable bonds is 13. The molecule has 4 aliphatic rings. The van der Waals surface area contributed by atoms with Crippen molar-refractivity contribution in [2.45, 2.75) is 107 Å². The van der Waals surface area contributed by atoms with Gasteiger partial charge in [-0.25, -0.2) is 24.2 Å². The Hall–Kier alpha value is -3.85. The molecule has 3 aromatic heterocycles. The Morgan fingerprint density at radius 3 is 2.43 bits per heavy atom. The highest BCUT2D eigenvalue weighted by atomic mass is 35.5. The van der Waals surface area contributed by atoms with Crippen LogP contribution in [-0.4, -0.2) is 83.7 Å². The first-order valence-electron chi connectivity index (χ1n) is 18.3. The summed E-state index contributed by atoms with van der Waals surface area (Å²) in [5.74, 6) is 0.456. The van der Waals surface area contributed by atoms with Gasteiger partial charge in [-0.05, 0) is 127 Å². The van der Waals surface area contributed by atoms with Crippen molar-refractivity contribution in [1.29, 1.82) is 0 Å². The molecule has 1 aliphatic heterocycles. The minimum Gasteiger partial charge on any atom is -0.477 e. The van der Waals surface area contributed by atoms with Gasteiger partial charge < -0.3 is 19.7 Å². The molecule has 4 fully saturated rings. The molecule has 2 spiro atoms. The smallest absolute Gasteiger partial charge is 0.410 e. The number of fused-ring (bicyclic) bond motifs is 1. The molecule has 1 atom stereocenters. The van der Waals surface area contributed by atoms with Crippen LogP contribution in [0, 0.1) is 16.7 Å². The Bertz CT molecular complexity index is 2010. The zero-order valence-electron chi connectivity index (χ0n) is 30.9. The van der Waals surface area contributed by atoms with Gasteiger partial charge in [0.2, 0.25) is 5.88 Å². The van der Waals surface area contributed by atoms with Gasteiger partial charge in [0.1, 0.15) is 16.6 Å². The molecular weight excluding hydrogens is 717 g/mol. The van der Waals surface area contributed by atoms with Gasteiger partial charge in [-0.1, -0.05) is 23.0 Å². The number of hydrogen-bond donors (Lipinski definition) is 2. The van der Waals surface area contributed by atoms with Crippen LogP contribution in [0.25, 0.3) is 5.82 Å². The van der Waals surface area contributed by atoms with E-state index in [1.807, 2.05) is 39.3 Å². The molecule has 13 nitrogen and oxygen atoms in total. The van der Waals surface area contributed by atoms with Gasteiger partial charge in [-0.2, -0.15) is 8.42 Å². The zero-order valence-corrected chi connectivity index (χ0v) is 32.5. The van der Waals surface area contributed by atoms with Gasteiger partial charge in [-0.3, -0.25) is 4.79 Å². The summed E-state index contributed by atoms with van der Waals surface area (Å²) in [6.45, 7) is 11.3. The second-order valence-electron chi connectivity index (χ2n) is 16.7. The molecule has 7 rings (SSSR count). The van der Waals surface area contributed by atoms with Crippen molar-refractivity contribution in [3.05, 3.63) is 53.3 Å². The van der Waals surface area contributed by atoms with Gasteiger partial charge in [0, 0.05) is 30.9 Å². The topological polar surface area (TPSA) is 158 Å². The first-order valence-corrected chi connectivity index (χ1v) is 20.2. The fourth-order valence-electron chi connectivity index (χ4n) is 8.81. The molecule has 3 aliphatic carbocycles. The number of anilines is 1. The van der Waals surface area contributed by atoms with Crippen molar-refractivity contribution in [1.82, 2.24) is 29.4 Å². The lowest BCUT2D eigenvalue weighted by Crippen LogP contribution is -2.45. The quantitative estimate of drug-likeness (QED) is 0.115. The highest BCUT2D eigenvalue weighted by Gasteiger charge is 2.91. The number of sulfonamides is 1. The molecular formula is C37H47BClN7O6S. The van der Waals surface area contributed by atoms with Gasteiger partial charge in [0.05, 0.1) is 20.0 Å². The van der Waals surface area contributed by atoms with Crippen LogP contribution in [0.15, 0.2) is 47.6 Å². The maximum Gasteiger partial charge on any atom is 0.410 e. The highest BCUT2D eigenvalue weighted by molar-refractivity contribution is 7.90. The molecule has 3 saturated carbocycles. The molecule has 2 radical (unpaired) electrons. The molecule has 1 saturated heterocycles. The Morgan fingerprint density at radius 2 is 1.77 bits per heavy atom. The molecule has 53 heavy (non-hydrogen) atoms. The fourth-order valence-corrected chi connectivity index (χ4v) is 9.98. The number of pyridine rings is 2. The molecule has 282 valence electrons. The van der Waals surface area contributed by atoms with Crippen LogP contribution in [0.2, 0.25) is 10.5 Å². The summed E-state index contributed by atoms with van der Waals surface area (Å²) < 4.78 is 41.4. The van der Waals surface area contributed by atoms with Crippen molar-refractivity contribution < 1.29 is 27.5 Å². The van der Waals surface area contributed by atoms with Gasteiger partial charge in [0.15, 0.2) is 10.8 Å². The monoisotopic (exact) mass is 763 g/mol. The van der Waals surface area contributed by atoms with E-state index in [0.29, 0.717) is 54.0 Å². The van der Waals surface area contributed by atoms with E-state index >= 15 is 0 Å². The number of nitrogens with zero attached hydrogens (tertiary/aromatic N) is 5. The summed E-state index contributed by atoms with van der Waals surface area (Å²) in [5, 5.41) is 6.96. The van der Waals surface area contributed by atoms with E-state index in [2.05, 4.69) is 20.4 Å². The minimum atomic E-state index is -4.34. The normalized spacial score (nSPS) is 21.3. The Labute approximate surface area is 317 Å². The standard InChI is InChI=1S/C37H47BClN7O6S/c1-33(2,3)52-32(48)45-23-24(22-34(45,4)5)8-7-19-40-26-9-6-10-29(41-26)53(49,50)44-31(47)25-11-12-27(42-30(25)39)46-20-13-28(43-46)51-21-18-37(38)35(14-15-35)36(37)16-17-36/h6,9-13,20,24H,7-8,14-19,21-23H2,1-5H3,(H,40,41)(H,44,47)/t24-/m0/s1. The van der Waals surface area contributed by atoms with Gasteiger partial charge in [0.25, 0.3) is 15.9 Å². The number of nitrogens with one attached hydrogen (secondary N) is 2. The molecule has 4 heterocycles. The average Bonchev–Trinajstić information content (AvgIpc) is 4.02. The highest BCUT2D eigenvalue weighted by Crippen LogP contribution is 3.02. The molecule has 16 heteroatoms. The SMILES string of the molecule is [B]C1(CCOc2ccn(-c3ccc(C(=O)NS(=O)(=O)c4cccc(NCCC[C@@H]5CN(C(=O)OC(C)(C)C)C(C)(C)C5)n4)c(Cl)n3)n2)C2(CC2)C12CC2. The largest absolute Gasteiger partial charge is 0.477 e. The first kappa shape index (κ1) is 37.5. The Balaban J connectivity index is 0.887. The third-order valence-corrected chi connectivity index (χ3v) is 13.1. The number of ether oxygens (including phenoxy) is 2. The summed E-state index contributed by atoms with van der Waals surface area (Å²) in [6.07, 6.45) is 9.58. The van der Waals surface area contributed by atoms with Crippen molar-refractivity contribution in [3.63, 3.8) is 0 Å². The van der Waals surface area contributed by atoms with Crippen LogP contribution in [0.3, 0.4) is 0 Å². The second-order valence-corrected chi connectivity index (χ2v) is 18.7. The van der Waals surface area contributed by atoms with Gasteiger partial charge >= 0.3 is 6.09 Å². The molecule has 0 unspecified atom stereocenters. The van der Waals surface area contributed by atoms with E-state index in [1.54, 1.807) is 29.3 Å². The van der Waals surface area contributed by atoms with Crippen molar-refractivity contribution in [2.24, 2.45) is 16.7 Å². The van der Waals surface area contributed by atoms with Crippen LogP contribution in [-0.2, 0) is 14.8 Å². The van der Waals surface area contributed by atoms with Crippen LogP contribution in [0.1, 0.15) is 96.3 Å². The molecule has 2 amide bonds. The number of halogens is 1. The van der Waals surface area contributed by atoms with E-state index in [9.17, 15) is 18.0 Å². The maximum atomic E-state index is 13.2. The Kier molecular flexibility index (Phi) is 9.31. The van der Waals surface area contributed by atoms with Crippen LogP contribution in [0.5, 0.6) is 5.88 Å². The second kappa shape index (κ2) is 13.2. The molecule has 2 N–H and O–H groups in total. The number of carbonyl (C=O) groups is 2. The van der Waals surface area contributed by atoms with Gasteiger partial charge in [-0.15, -0.1) is 5.10 Å². The minimum absolute atomic E-state index is 0.110. The average molecular weight is 764 g/mol. The van der Waals surface area contributed by atoms with E-state index in [-0.39, 0.29) is 32.7 Å². The van der Waals surface area contributed by atoms with Crippen molar-refractivity contribution in [2.75, 3.05) is 25.0 Å². The predicted octanol–water partition coefficient (Wildman–Crippen LogP) is 6.33. The number of hydrogen-bond acceptors (Lipinski definition) is 10. The first-order chi connectivity index (χ1) is 24.9. The summed E-state index contributed by atoms with van der Waals surface area (Å²) in [7, 11) is 2.43. The summed E-state index contributed by atoms with van der Waals surface area (Å²) >= 11 is 6.37. The number of amides is 2. The third kappa shape index (κ3) is 7.11. The van der Waals surface area contributed by atoms with E-state index in [4.69, 9.17) is 28.9 Å². The summed E-state index contributed by atoms with van der Waals surface area (Å²) in [4.78, 5) is 36.1. The number of aromatic nitrogens is 4. The van der Waals surface area contributed by atoms with Crippen LogP contribution >= 0.6 is 11.6 Å². The van der Waals surface area contributed by atoms with E-state index < -0.39 is 21.5 Å². The number of likely N-dealkylation sites (tertiary alicyclic amines) is 1.